The van der Waals surface area contributed by atoms with Crippen molar-refractivity contribution in [2.75, 3.05) is 5.73 Å². The number of anilines is 1. The SMILES string of the molecule is CCc1cc(Br)ccc1-n1c(N)nc2c(CC)nn(C)c21. The van der Waals surface area contributed by atoms with Crippen LogP contribution in [0.1, 0.15) is 25.1 Å². The molecule has 0 radical (unpaired) electrons. The molecule has 0 aliphatic rings. The average molecular weight is 348 g/mol. The summed E-state index contributed by atoms with van der Waals surface area (Å²) in [5.74, 6) is 0.504. The first-order chi connectivity index (χ1) is 10.1. The molecule has 110 valence electrons. The van der Waals surface area contributed by atoms with Crippen molar-refractivity contribution < 1.29 is 0 Å². The van der Waals surface area contributed by atoms with Crippen LogP contribution in [0.25, 0.3) is 16.9 Å². The van der Waals surface area contributed by atoms with E-state index in [9.17, 15) is 0 Å². The first kappa shape index (κ1) is 14.1. The van der Waals surface area contributed by atoms with Crippen LogP contribution in [-0.2, 0) is 19.9 Å². The molecule has 0 saturated heterocycles. The number of rotatable bonds is 3. The standard InChI is InChI=1S/C15H18BrN5/c1-4-9-8-10(16)6-7-12(9)21-14-13(18-15(21)17)11(5-2)19-20(14)3/h6-8H,4-5H2,1-3H3,(H2,17,18). The Morgan fingerprint density at radius 1 is 1.24 bits per heavy atom. The minimum absolute atomic E-state index is 0.504. The Labute approximate surface area is 131 Å². The molecule has 2 heterocycles. The van der Waals surface area contributed by atoms with Crippen LogP contribution < -0.4 is 5.73 Å². The Morgan fingerprint density at radius 3 is 2.67 bits per heavy atom. The maximum absolute atomic E-state index is 6.18. The Kier molecular flexibility index (Phi) is 3.49. The number of hydrogen-bond acceptors (Lipinski definition) is 3. The summed E-state index contributed by atoms with van der Waals surface area (Å²) in [4.78, 5) is 4.52. The van der Waals surface area contributed by atoms with E-state index in [1.54, 1.807) is 0 Å². The molecule has 2 aromatic heterocycles. The maximum Gasteiger partial charge on any atom is 0.207 e. The van der Waals surface area contributed by atoms with Crippen molar-refractivity contribution >= 4 is 33.0 Å². The van der Waals surface area contributed by atoms with E-state index in [1.807, 2.05) is 22.4 Å². The Morgan fingerprint density at radius 2 is 2.00 bits per heavy atom. The summed E-state index contributed by atoms with van der Waals surface area (Å²) in [6.07, 6.45) is 1.77. The average Bonchev–Trinajstić information content (AvgIpc) is 2.96. The molecule has 21 heavy (non-hydrogen) atoms. The molecule has 0 aliphatic carbocycles. The van der Waals surface area contributed by atoms with Gasteiger partial charge in [0.05, 0.1) is 11.4 Å². The molecule has 6 heteroatoms. The predicted molar refractivity (Wildman–Crippen MR) is 88.7 cm³/mol. The van der Waals surface area contributed by atoms with Gasteiger partial charge in [-0.2, -0.15) is 5.10 Å². The van der Waals surface area contributed by atoms with E-state index < -0.39 is 0 Å². The second-order valence-corrected chi connectivity index (χ2v) is 5.94. The zero-order chi connectivity index (χ0) is 15.1. The number of benzene rings is 1. The van der Waals surface area contributed by atoms with Crippen LogP contribution in [-0.4, -0.2) is 19.3 Å². The number of aryl methyl sites for hydroxylation is 3. The second-order valence-electron chi connectivity index (χ2n) is 5.03. The van der Waals surface area contributed by atoms with Crippen LogP contribution in [0.4, 0.5) is 5.95 Å². The summed E-state index contributed by atoms with van der Waals surface area (Å²) < 4.78 is 4.92. The van der Waals surface area contributed by atoms with Crippen LogP contribution in [0, 0.1) is 0 Å². The van der Waals surface area contributed by atoms with Crippen molar-refractivity contribution in [2.45, 2.75) is 26.7 Å². The number of aromatic nitrogens is 4. The van der Waals surface area contributed by atoms with E-state index in [2.05, 4.69) is 52.0 Å². The zero-order valence-corrected chi connectivity index (χ0v) is 14.0. The van der Waals surface area contributed by atoms with Gasteiger partial charge in [-0.3, -0.25) is 4.57 Å². The molecule has 0 spiro atoms. The van der Waals surface area contributed by atoms with Gasteiger partial charge in [0, 0.05) is 11.5 Å². The van der Waals surface area contributed by atoms with Crippen molar-refractivity contribution in [3.8, 4) is 5.69 Å². The fourth-order valence-corrected chi connectivity index (χ4v) is 3.14. The maximum atomic E-state index is 6.18. The Hall–Kier alpha value is -1.82. The van der Waals surface area contributed by atoms with Crippen LogP contribution >= 0.6 is 15.9 Å². The minimum atomic E-state index is 0.504. The first-order valence-corrected chi connectivity index (χ1v) is 7.84. The lowest BCUT2D eigenvalue weighted by Gasteiger charge is -2.12. The fraction of sp³-hybridized carbons (Fsp3) is 0.333. The fourth-order valence-electron chi connectivity index (χ4n) is 2.73. The third-order valence-corrected chi connectivity index (χ3v) is 4.22. The number of nitrogen functional groups attached to an aromatic ring is 1. The van der Waals surface area contributed by atoms with E-state index in [-0.39, 0.29) is 0 Å². The van der Waals surface area contributed by atoms with E-state index in [4.69, 9.17) is 5.73 Å². The van der Waals surface area contributed by atoms with Crippen molar-refractivity contribution in [1.29, 1.82) is 0 Å². The van der Waals surface area contributed by atoms with E-state index in [1.165, 1.54) is 5.56 Å². The molecular weight excluding hydrogens is 330 g/mol. The molecule has 0 amide bonds. The predicted octanol–water partition coefficient (Wildman–Crippen LogP) is 3.23. The van der Waals surface area contributed by atoms with Crippen molar-refractivity contribution in [3.63, 3.8) is 0 Å². The molecule has 2 N–H and O–H groups in total. The monoisotopic (exact) mass is 347 g/mol. The summed E-state index contributed by atoms with van der Waals surface area (Å²) in [5, 5.41) is 4.54. The molecule has 0 bridgehead atoms. The molecule has 0 unspecified atom stereocenters. The van der Waals surface area contributed by atoms with Crippen LogP contribution in [0.2, 0.25) is 0 Å². The van der Waals surface area contributed by atoms with Gasteiger partial charge < -0.3 is 5.73 Å². The van der Waals surface area contributed by atoms with Gasteiger partial charge >= 0.3 is 0 Å². The van der Waals surface area contributed by atoms with E-state index >= 15 is 0 Å². The van der Waals surface area contributed by atoms with Crippen LogP contribution in [0.5, 0.6) is 0 Å². The van der Waals surface area contributed by atoms with Gasteiger partial charge in [0.25, 0.3) is 0 Å². The highest BCUT2D eigenvalue weighted by Crippen LogP contribution is 2.29. The number of halogens is 1. The number of imidazole rings is 1. The summed E-state index contributed by atoms with van der Waals surface area (Å²) in [5.41, 5.74) is 11.3. The van der Waals surface area contributed by atoms with Gasteiger partial charge in [-0.15, -0.1) is 0 Å². The smallest absolute Gasteiger partial charge is 0.207 e. The highest BCUT2D eigenvalue weighted by molar-refractivity contribution is 9.10. The zero-order valence-electron chi connectivity index (χ0n) is 12.4. The Balaban J connectivity index is 2.35. The lowest BCUT2D eigenvalue weighted by Crippen LogP contribution is -2.07. The van der Waals surface area contributed by atoms with Crippen molar-refractivity contribution in [3.05, 3.63) is 33.9 Å². The number of nitrogens with zero attached hydrogens (tertiary/aromatic N) is 4. The third-order valence-electron chi connectivity index (χ3n) is 3.73. The van der Waals surface area contributed by atoms with E-state index in [0.29, 0.717) is 5.95 Å². The number of nitrogens with two attached hydrogens (primary N) is 1. The normalized spacial score (nSPS) is 11.4. The van der Waals surface area contributed by atoms with Gasteiger partial charge in [-0.1, -0.05) is 29.8 Å². The van der Waals surface area contributed by atoms with Crippen LogP contribution in [0.15, 0.2) is 22.7 Å². The molecule has 0 atom stereocenters. The summed E-state index contributed by atoms with van der Waals surface area (Å²) in [7, 11) is 1.93. The summed E-state index contributed by atoms with van der Waals surface area (Å²) >= 11 is 3.52. The lowest BCUT2D eigenvalue weighted by molar-refractivity contribution is 0.750. The highest BCUT2D eigenvalue weighted by Gasteiger charge is 2.19. The minimum Gasteiger partial charge on any atom is -0.369 e. The molecule has 1 aromatic carbocycles. The van der Waals surface area contributed by atoms with Gasteiger partial charge in [0.15, 0.2) is 5.65 Å². The molecule has 3 rings (SSSR count). The van der Waals surface area contributed by atoms with Gasteiger partial charge in [-0.25, -0.2) is 9.67 Å². The highest BCUT2D eigenvalue weighted by atomic mass is 79.9. The largest absolute Gasteiger partial charge is 0.369 e. The molecule has 0 saturated carbocycles. The summed E-state index contributed by atoms with van der Waals surface area (Å²) in [6, 6.07) is 6.22. The quantitative estimate of drug-likeness (QED) is 0.791. The lowest BCUT2D eigenvalue weighted by atomic mass is 10.1. The first-order valence-electron chi connectivity index (χ1n) is 7.05. The topological polar surface area (TPSA) is 61.7 Å². The number of hydrogen-bond donors (Lipinski definition) is 1. The molecule has 3 aromatic rings. The molecule has 5 nitrogen and oxygen atoms in total. The van der Waals surface area contributed by atoms with Gasteiger partial charge in [0.1, 0.15) is 5.52 Å². The van der Waals surface area contributed by atoms with E-state index in [0.717, 1.165) is 39.9 Å². The number of fused-ring (bicyclic) bond motifs is 1. The van der Waals surface area contributed by atoms with Gasteiger partial charge in [0.2, 0.25) is 5.95 Å². The molecule has 0 fully saturated rings. The van der Waals surface area contributed by atoms with Crippen molar-refractivity contribution in [1.82, 2.24) is 19.3 Å². The molecule has 0 aliphatic heterocycles. The van der Waals surface area contributed by atoms with Crippen molar-refractivity contribution in [2.24, 2.45) is 7.05 Å². The third kappa shape index (κ3) is 2.14. The second kappa shape index (κ2) is 5.18. The van der Waals surface area contributed by atoms with Crippen LogP contribution in [0.3, 0.4) is 0 Å². The Bertz CT molecular complexity index is 815. The van der Waals surface area contributed by atoms with Gasteiger partial charge in [-0.05, 0) is 36.6 Å². The molecular formula is C15H18BrN5. The summed E-state index contributed by atoms with van der Waals surface area (Å²) in [6.45, 7) is 4.21.